The fraction of sp³-hybridized carbons (Fsp3) is 0.417. The molecule has 1 heterocycles. The molecule has 19 heavy (non-hydrogen) atoms. The number of amides is 1. The molecule has 0 aliphatic carbocycles. The topological polar surface area (TPSA) is 89.3 Å². The van der Waals surface area contributed by atoms with Crippen molar-refractivity contribution in [2.24, 2.45) is 5.73 Å². The predicted octanol–water partition coefficient (Wildman–Crippen LogP) is 0.280. The Labute approximate surface area is 117 Å². The minimum atomic E-state index is -0.0238. The van der Waals surface area contributed by atoms with Crippen LogP contribution in [0.5, 0.6) is 0 Å². The van der Waals surface area contributed by atoms with Gasteiger partial charge in [0.05, 0.1) is 6.61 Å². The summed E-state index contributed by atoms with van der Waals surface area (Å²) in [7, 11) is 1.59. The number of carbonyl (C=O) groups excluding carboxylic acids is 1. The summed E-state index contributed by atoms with van der Waals surface area (Å²) in [4.78, 5) is 15.8. The molecule has 0 atom stereocenters. The number of thiocarbonyl (C=S) groups is 1. The fourth-order valence-corrected chi connectivity index (χ4v) is 1.45. The number of nitrogens with zero attached hydrogens (tertiary/aromatic N) is 1. The van der Waals surface area contributed by atoms with Gasteiger partial charge in [0.15, 0.2) is 0 Å². The third kappa shape index (κ3) is 6.12. The first-order valence-electron chi connectivity index (χ1n) is 5.89. The van der Waals surface area contributed by atoms with E-state index in [1.54, 1.807) is 25.4 Å². The lowest BCUT2D eigenvalue weighted by atomic mass is 10.3. The van der Waals surface area contributed by atoms with Crippen molar-refractivity contribution in [3.8, 4) is 0 Å². The molecular weight excluding hydrogens is 264 g/mol. The maximum absolute atomic E-state index is 11.4. The summed E-state index contributed by atoms with van der Waals surface area (Å²) in [6, 6.07) is 3.56. The van der Waals surface area contributed by atoms with Crippen LogP contribution in [0.2, 0.25) is 0 Å². The predicted molar refractivity (Wildman–Crippen MR) is 78.1 cm³/mol. The number of nitrogens with one attached hydrogen (secondary N) is 2. The Kier molecular flexibility index (Phi) is 6.76. The molecule has 1 aromatic rings. The molecule has 0 aliphatic heterocycles. The molecule has 0 aromatic carbocycles. The smallest absolute Gasteiger partial charge is 0.221 e. The van der Waals surface area contributed by atoms with E-state index in [0.29, 0.717) is 36.9 Å². The number of ether oxygens (including phenoxy) is 1. The molecule has 0 bridgehead atoms. The maximum atomic E-state index is 11.4. The van der Waals surface area contributed by atoms with Crippen molar-refractivity contribution in [3.63, 3.8) is 0 Å². The number of hydrogen-bond acceptors (Lipinski definition) is 5. The van der Waals surface area contributed by atoms with E-state index in [2.05, 4.69) is 15.6 Å². The van der Waals surface area contributed by atoms with Crippen LogP contribution in [0.15, 0.2) is 18.3 Å². The molecule has 0 saturated carbocycles. The Morgan fingerprint density at radius 1 is 1.47 bits per heavy atom. The summed E-state index contributed by atoms with van der Waals surface area (Å²) in [5, 5.41) is 5.78. The van der Waals surface area contributed by atoms with Gasteiger partial charge in [-0.2, -0.15) is 0 Å². The quantitative estimate of drug-likeness (QED) is 0.469. The van der Waals surface area contributed by atoms with Crippen molar-refractivity contribution < 1.29 is 9.53 Å². The highest BCUT2D eigenvalue weighted by molar-refractivity contribution is 7.80. The first-order valence-corrected chi connectivity index (χ1v) is 6.29. The number of rotatable bonds is 8. The van der Waals surface area contributed by atoms with Crippen LogP contribution >= 0.6 is 12.2 Å². The lowest BCUT2D eigenvalue weighted by Gasteiger charge is -2.07. The first-order chi connectivity index (χ1) is 9.13. The average Bonchev–Trinajstić information content (AvgIpc) is 2.39. The Bertz CT molecular complexity index is 422. The second-order valence-electron chi connectivity index (χ2n) is 3.82. The van der Waals surface area contributed by atoms with Gasteiger partial charge in [-0.3, -0.25) is 4.79 Å². The highest BCUT2D eigenvalue weighted by Crippen LogP contribution is 2.04. The molecule has 0 aliphatic rings. The standard InChI is InChI=1S/C12H18N4O2S/c1-18-7-6-15-11(17)4-5-14-10-3-2-9(8-16-10)12(13)19/h2-3,8H,4-7H2,1H3,(H2,13,19)(H,14,16)(H,15,17). The minimum Gasteiger partial charge on any atom is -0.389 e. The largest absolute Gasteiger partial charge is 0.389 e. The van der Waals surface area contributed by atoms with E-state index in [0.717, 1.165) is 5.56 Å². The van der Waals surface area contributed by atoms with Gasteiger partial charge in [-0.1, -0.05) is 12.2 Å². The van der Waals surface area contributed by atoms with Crippen LogP contribution < -0.4 is 16.4 Å². The van der Waals surface area contributed by atoms with Crippen LogP contribution in [-0.4, -0.2) is 42.7 Å². The zero-order chi connectivity index (χ0) is 14.1. The molecule has 1 rings (SSSR count). The normalized spacial score (nSPS) is 9.95. The molecular formula is C12H18N4O2S. The van der Waals surface area contributed by atoms with Crippen molar-refractivity contribution >= 4 is 28.9 Å². The van der Waals surface area contributed by atoms with Gasteiger partial charge < -0.3 is 21.1 Å². The number of methoxy groups -OCH3 is 1. The van der Waals surface area contributed by atoms with E-state index in [1.165, 1.54) is 0 Å². The van der Waals surface area contributed by atoms with Crippen molar-refractivity contribution in [2.75, 3.05) is 32.1 Å². The van der Waals surface area contributed by atoms with E-state index in [9.17, 15) is 4.79 Å². The molecule has 4 N–H and O–H groups in total. The number of pyridine rings is 1. The third-order valence-corrected chi connectivity index (χ3v) is 2.57. The molecule has 1 amide bonds. The summed E-state index contributed by atoms with van der Waals surface area (Å²) in [6.07, 6.45) is 1.98. The maximum Gasteiger partial charge on any atom is 0.221 e. The summed E-state index contributed by atoms with van der Waals surface area (Å²) >= 11 is 4.83. The van der Waals surface area contributed by atoms with Crippen LogP contribution in [0.3, 0.4) is 0 Å². The first kappa shape index (κ1) is 15.3. The van der Waals surface area contributed by atoms with Crippen LogP contribution in [0.1, 0.15) is 12.0 Å². The van der Waals surface area contributed by atoms with Gasteiger partial charge in [0, 0.05) is 38.4 Å². The van der Waals surface area contributed by atoms with E-state index in [-0.39, 0.29) is 5.91 Å². The third-order valence-electron chi connectivity index (χ3n) is 2.33. The molecule has 104 valence electrons. The van der Waals surface area contributed by atoms with E-state index in [4.69, 9.17) is 22.7 Å². The Hall–Kier alpha value is -1.73. The van der Waals surface area contributed by atoms with Crippen molar-refractivity contribution in [1.29, 1.82) is 0 Å². The highest BCUT2D eigenvalue weighted by atomic mass is 32.1. The molecule has 0 fully saturated rings. The fourth-order valence-electron chi connectivity index (χ4n) is 1.33. The lowest BCUT2D eigenvalue weighted by Crippen LogP contribution is -2.28. The number of hydrogen-bond donors (Lipinski definition) is 3. The van der Waals surface area contributed by atoms with E-state index in [1.807, 2.05) is 0 Å². The zero-order valence-corrected chi connectivity index (χ0v) is 11.6. The van der Waals surface area contributed by atoms with Crippen LogP contribution in [0.25, 0.3) is 0 Å². The SMILES string of the molecule is COCCNC(=O)CCNc1ccc(C(N)=S)cn1. The van der Waals surface area contributed by atoms with Gasteiger partial charge in [0.1, 0.15) is 10.8 Å². The van der Waals surface area contributed by atoms with Crippen molar-refractivity contribution in [2.45, 2.75) is 6.42 Å². The van der Waals surface area contributed by atoms with E-state index >= 15 is 0 Å². The molecule has 7 heteroatoms. The summed E-state index contributed by atoms with van der Waals surface area (Å²) in [5.41, 5.74) is 6.19. The molecule has 0 unspecified atom stereocenters. The van der Waals surface area contributed by atoms with Gasteiger partial charge in [-0.25, -0.2) is 4.98 Å². The number of aromatic nitrogens is 1. The van der Waals surface area contributed by atoms with Gasteiger partial charge >= 0.3 is 0 Å². The van der Waals surface area contributed by atoms with Crippen LogP contribution in [-0.2, 0) is 9.53 Å². The molecule has 0 radical (unpaired) electrons. The molecule has 6 nitrogen and oxygen atoms in total. The highest BCUT2D eigenvalue weighted by Gasteiger charge is 2.01. The van der Waals surface area contributed by atoms with Gasteiger partial charge in [-0.05, 0) is 12.1 Å². The molecule has 1 aromatic heterocycles. The average molecular weight is 282 g/mol. The molecule has 0 spiro atoms. The second kappa shape index (κ2) is 8.39. The minimum absolute atomic E-state index is 0.0238. The second-order valence-corrected chi connectivity index (χ2v) is 4.26. The van der Waals surface area contributed by atoms with Gasteiger partial charge in [0.25, 0.3) is 0 Å². The summed E-state index contributed by atoms with van der Waals surface area (Å²) < 4.78 is 4.84. The number of carbonyl (C=O) groups is 1. The Morgan fingerprint density at radius 2 is 2.26 bits per heavy atom. The Balaban J connectivity index is 2.25. The monoisotopic (exact) mass is 282 g/mol. The summed E-state index contributed by atoms with van der Waals surface area (Å²) in [6.45, 7) is 1.55. The van der Waals surface area contributed by atoms with E-state index < -0.39 is 0 Å². The summed E-state index contributed by atoms with van der Waals surface area (Å²) in [5.74, 6) is 0.661. The number of anilines is 1. The Morgan fingerprint density at radius 3 is 2.84 bits per heavy atom. The van der Waals surface area contributed by atoms with Crippen LogP contribution in [0.4, 0.5) is 5.82 Å². The van der Waals surface area contributed by atoms with Gasteiger partial charge in [-0.15, -0.1) is 0 Å². The van der Waals surface area contributed by atoms with Crippen molar-refractivity contribution in [3.05, 3.63) is 23.9 Å². The van der Waals surface area contributed by atoms with Crippen LogP contribution in [0, 0.1) is 0 Å². The number of nitrogens with two attached hydrogens (primary N) is 1. The van der Waals surface area contributed by atoms with Crippen molar-refractivity contribution in [1.82, 2.24) is 10.3 Å². The van der Waals surface area contributed by atoms with Gasteiger partial charge in [0.2, 0.25) is 5.91 Å². The zero-order valence-electron chi connectivity index (χ0n) is 10.8. The lowest BCUT2D eigenvalue weighted by molar-refractivity contribution is -0.121. The molecule has 0 saturated heterocycles.